The Bertz CT molecular complexity index is 1070. The smallest absolute Gasteiger partial charge is 0.275 e. The van der Waals surface area contributed by atoms with E-state index in [2.05, 4.69) is 10.3 Å². The number of piperidine rings is 1. The van der Waals surface area contributed by atoms with Gasteiger partial charge in [-0.1, -0.05) is 60.2 Å². The van der Waals surface area contributed by atoms with Gasteiger partial charge in [0.05, 0.1) is 0 Å². The number of rotatable bonds is 6. The molecule has 2 atom stereocenters. The lowest BCUT2D eigenvalue weighted by Crippen LogP contribution is -2.36. The zero-order chi connectivity index (χ0) is 22.5. The van der Waals surface area contributed by atoms with Gasteiger partial charge >= 0.3 is 0 Å². The Kier molecular flexibility index (Phi) is 6.66. The van der Waals surface area contributed by atoms with E-state index in [1.165, 1.54) is 6.26 Å². The van der Waals surface area contributed by atoms with E-state index in [9.17, 15) is 14.7 Å². The molecular weight excluding hydrogens is 406 g/mol. The highest BCUT2D eigenvalue weighted by Gasteiger charge is 2.28. The number of aromatic nitrogens is 1. The maximum absolute atomic E-state index is 12.9. The largest absolute Gasteiger partial charge is 0.445 e. The second kappa shape index (κ2) is 9.78. The van der Waals surface area contributed by atoms with Gasteiger partial charge < -0.3 is 19.7 Å². The molecule has 1 aliphatic rings. The molecule has 4 rings (SSSR count). The fourth-order valence-electron chi connectivity index (χ4n) is 3.92. The van der Waals surface area contributed by atoms with Crippen LogP contribution in [0.1, 0.15) is 64.5 Å². The molecule has 32 heavy (non-hydrogen) atoms. The number of aliphatic hydroxyl groups is 1. The summed E-state index contributed by atoms with van der Waals surface area (Å²) >= 11 is 0. The maximum Gasteiger partial charge on any atom is 0.275 e. The second-order valence-corrected chi connectivity index (χ2v) is 8.09. The first-order valence-electron chi connectivity index (χ1n) is 10.9. The molecule has 1 aliphatic heterocycles. The lowest BCUT2D eigenvalue weighted by Gasteiger charge is -2.25. The molecule has 0 aliphatic carbocycles. The van der Waals surface area contributed by atoms with Gasteiger partial charge in [0.15, 0.2) is 11.8 Å². The van der Waals surface area contributed by atoms with E-state index in [0.29, 0.717) is 18.7 Å². The molecule has 2 amide bonds. The van der Waals surface area contributed by atoms with E-state index in [0.717, 1.165) is 30.4 Å². The van der Waals surface area contributed by atoms with Crippen molar-refractivity contribution >= 4 is 11.8 Å². The molecule has 2 N–H and O–H groups in total. The van der Waals surface area contributed by atoms with Crippen LogP contribution in [-0.2, 0) is 4.79 Å². The van der Waals surface area contributed by atoms with E-state index < -0.39 is 18.1 Å². The number of hydrogen-bond donors (Lipinski definition) is 2. The summed E-state index contributed by atoms with van der Waals surface area (Å²) in [4.78, 5) is 31.9. The first-order chi connectivity index (χ1) is 15.5. The number of amides is 2. The average Bonchev–Trinajstić information content (AvgIpc) is 3.32. The third kappa shape index (κ3) is 4.89. The summed E-state index contributed by atoms with van der Waals surface area (Å²) in [6.07, 6.45) is 3.09. The Labute approximate surface area is 187 Å². The molecule has 1 saturated heterocycles. The summed E-state index contributed by atoms with van der Waals surface area (Å²) < 4.78 is 5.66. The van der Waals surface area contributed by atoms with Gasteiger partial charge in [-0.2, -0.15) is 0 Å². The highest BCUT2D eigenvalue weighted by atomic mass is 16.3. The number of likely N-dealkylation sites (tertiary alicyclic amines) is 1. The van der Waals surface area contributed by atoms with E-state index >= 15 is 0 Å². The van der Waals surface area contributed by atoms with Crippen LogP contribution in [0.3, 0.4) is 0 Å². The number of oxazole rings is 1. The quantitative estimate of drug-likeness (QED) is 0.620. The number of carbonyl (C=O) groups excluding carboxylic acids is 2. The third-order valence-corrected chi connectivity index (χ3v) is 5.66. The highest BCUT2D eigenvalue weighted by Crippen LogP contribution is 2.25. The lowest BCUT2D eigenvalue weighted by atomic mass is 10.0. The maximum atomic E-state index is 12.9. The zero-order valence-electron chi connectivity index (χ0n) is 18.0. The molecule has 0 radical (unpaired) electrons. The third-order valence-electron chi connectivity index (χ3n) is 5.66. The minimum Gasteiger partial charge on any atom is -0.445 e. The van der Waals surface area contributed by atoms with Crippen LogP contribution in [0.25, 0.3) is 0 Å². The van der Waals surface area contributed by atoms with Gasteiger partial charge in [-0.05, 0) is 37.3 Å². The first-order valence-corrected chi connectivity index (χ1v) is 10.9. The average molecular weight is 434 g/mol. The molecular formula is C25H27N3O4. The van der Waals surface area contributed by atoms with Gasteiger partial charge in [0.1, 0.15) is 12.3 Å². The molecule has 2 aromatic carbocycles. The summed E-state index contributed by atoms with van der Waals surface area (Å²) in [7, 11) is 0. The molecule has 3 aromatic rings. The number of nitrogens with zero attached hydrogens (tertiary/aromatic N) is 2. The van der Waals surface area contributed by atoms with Crippen molar-refractivity contribution in [1.82, 2.24) is 15.2 Å². The Hall–Kier alpha value is -3.45. The second-order valence-electron chi connectivity index (χ2n) is 8.09. The van der Waals surface area contributed by atoms with Crippen LogP contribution < -0.4 is 5.32 Å². The monoisotopic (exact) mass is 433 g/mol. The van der Waals surface area contributed by atoms with Crippen LogP contribution in [0, 0.1) is 6.92 Å². The number of aryl methyl sites for hydroxylation is 1. The van der Waals surface area contributed by atoms with Crippen molar-refractivity contribution < 1.29 is 19.1 Å². The van der Waals surface area contributed by atoms with Gasteiger partial charge in [0.2, 0.25) is 5.89 Å². The Morgan fingerprint density at radius 2 is 1.75 bits per heavy atom. The van der Waals surface area contributed by atoms with E-state index in [1.807, 2.05) is 37.3 Å². The molecule has 1 unspecified atom stereocenters. The van der Waals surface area contributed by atoms with Crippen LogP contribution in [0.2, 0.25) is 0 Å². The molecule has 2 heterocycles. The minimum absolute atomic E-state index is 0.168. The van der Waals surface area contributed by atoms with Crippen molar-refractivity contribution in [2.45, 2.75) is 38.3 Å². The van der Waals surface area contributed by atoms with Crippen molar-refractivity contribution in [2.75, 3.05) is 13.1 Å². The standard InChI is InChI=1S/C25H27N3O4/c1-17-9-8-12-19(15-17)21(27-23(30)22(29)18-10-4-2-5-11-18)24-26-20(16-32-24)25(31)28-13-6-3-7-14-28/h2,4-5,8-12,15-16,21-22,29H,3,6-7,13-14H2,1H3,(H,27,30)/t21?,22-/m1/s1. The van der Waals surface area contributed by atoms with Crippen LogP contribution in [-0.4, -0.2) is 39.9 Å². The fourth-order valence-corrected chi connectivity index (χ4v) is 3.92. The minimum atomic E-state index is -1.34. The number of carbonyl (C=O) groups is 2. The Morgan fingerprint density at radius 3 is 2.47 bits per heavy atom. The van der Waals surface area contributed by atoms with E-state index in [4.69, 9.17) is 4.42 Å². The molecule has 7 heteroatoms. The van der Waals surface area contributed by atoms with Gasteiger partial charge in [-0.15, -0.1) is 0 Å². The molecule has 1 fully saturated rings. The van der Waals surface area contributed by atoms with Crippen molar-refractivity contribution in [3.63, 3.8) is 0 Å². The van der Waals surface area contributed by atoms with Crippen molar-refractivity contribution in [2.24, 2.45) is 0 Å². The molecule has 0 saturated carbocycles. The van der Waals surface area contributed by atoms with Gasteiger partial charge in [0, 0.05) is 13.1 Å². The summed E-state index contributed by atoms with van der Waals surface area (Å²) in [5, 5.41) is 13.4. The number of nitrogens with one attached hydrogen (secondary N) is 1. The molecule has 7 nitrogen and oxygen atoms in total. The van der Waals surface area contributed by atoms with Crippen LogP contribution in [0.5, 0.6) is 0 Å². The molecule has 1 aromatic heterocycles. The molecule has 0 spiro atoms. The predicted molar refractivity (Wildman–Crippen MR) is 119 cm³/mol. The SMILES string of the molecule is Cc1cccc(C(NC(=O)[C@H](O)c2ccccc2)c2nc(C(=O)N3CCCCC3)co2)c1. The molecule has 166 valence electrons. The lowest BCUT2D eigenvalue weighted by molar-refractivity contribution is -0.130. The highest BCUT2D eigenvalue weighted by molar-refractivity contribution is 5.92. The van der Waals surface area contributed by atoms with Crippen LogP contribution >= 0.6 is 0 Å². The number of benzene rings is 2. The number of hydrogen-bond acceptors (Lipinski definition) is 5. The summed E-state index contributed by atoms with van der Waals surface area (Å²) in [5.41, 5.74) is 2.46. The normalized spacial score (nSPS) is 15.8. The van der Waals surface area contributed by atoms with Crippen molar-refractivity contribution in [1.29, 1.82) is 0 Å². The summed E-state index contributed by atoms with van der Waals surface area (Å²) in [5.74, 6) is -0.548. The van der Waals surface area contributed by atoms with E-state index in [1.54, 1.807) is 29.2 Å². The summed E-state index contributed by atoms with van der Waals surface area (Å²) in [6.45, 7) is 3.37. The van der Waals surface area contributed by atoms with Gasteiger partial charge in [0.25, 0.3) is 11.8 Å². The van der Waals surface area contributed by atoms with Crippen LogP contribution in [0.4, 0.5) is 0 Å². The number of aliphatic hydroxyl groups excluding tert-OH is 1. The zero-order valence-corrected chi connectivity index (χ0v) is 18.0. The first kappa shape index (κ1) is 21.8. The van der Waals surface area contributed by atoms with Crippen LogP contribution in [0.15, 0.2) is 65.3 Å². The predicted octanol–water partition coefficient (Wildman–Crippen LogP) is 3.55. The summed E-state index contributed by atoms with van der Waals surface area (Å²) in [6, 6.07) is 15.5. The topological polar surface area (TPSA) is 95.7 Å². The van der Waals surface area contributed by atoms with Gasteiger partial charge in [-0.3, -0.25) is 9.59 Å². The van der Waals surface area contributed by atoms with Gasteiger partial charge in [-0.25, -0.2) is 4.98 Å². The fraction of sp³-hybridized carbons (Fsp3) is 0.320. The van der Waals surface area contributed by atoms with E-state index in [-0.39, 0.29) is 17.5 Å². The Balaban J connectivity index is 1.60. The Morgan fingerprint density at radius 1 is 1.03 bits per heavy atom. The van der Waals surface area contributed by atoms with Crippen molar-refractivity contribution in [3.8, 4) is 0 Å². The van der Waals surface area contributed by atoms with Crippen molar-refractivity contribution in [3.05, 3.63) is 89.1 Å². The molecule has 0 bridgehead atoms.